The Hall–Kier alpha value is -2.55. The molecule has 1 aromatic carbocycles. The molecule has 128 valence electrons. The predicted molar refractivity (Wildman–Crippen MR) is 87.6 cm³/mol. The van der Waals surface area contributed by atoms with E-state index in [9.17, 15) is 14.0 Å². The molecule has 24 heavy (non-hydrogen) atoms. The Balaban J connectivity index is 1.91. The van der Waals surface area contributed by atoms with Gasteiger partial charge < -0.3 is 15.3 Å². The van der Waals surface area contributed by atoms with Crippen molar-refractivity contribution in [2.45, 2.75) is 38.3 Å². The molecule has 0 atom stereocenters. The summed E-state index contributed by atoms with van der Waals surface area (Å²) in [5.74, 6) is 1.03. The minimum atomic E-state index is -0.773. The number of urea groups is 1. The third-order valence-corrected chi connectivity index (χ3v) is 4.26. The van der Waals surface area contributed by atoms with Crippen LogP contribution < -0.4 is 5.32 Å². The van der Waals surface area contributed by atoms with Crippen LogP contribution in [0.5, 0.6) is 0 Å². The molecule has 2 amide bonds. The normalized spacial score (nSPS) is 20.0. The summed E-state index contributed by atoms with van der Waals surface area (Å²) >= 11 is 0. The van der Waals surface area contributed by atoms with Crippen LogP contribution in [0.4, 0.5) is 9.18 Å². The Morgan fingerprint density at radius 1 is 1.25 bits per heavy atom. The third kappa shape index (κ3) is 4.98. The molecule has 1 saturated carbocycles. The maximum atomic E-state index is 13.0. The number of carbonyl (C=O) groups is 2. The standard InChI is InChI=1S/C18H21FN2O3/c1-2-11-21(12-13-3-7-15(19)8-4-13)18(24)20-16-9-5-14(6-10-16)17(22)23/h1,3-4,7-8,14,16H,5-6,9-12H2,(H,20,24)(H,22,23). The Labute approximate surface area is 140 Å². The molecule has 0 aromatic heterocycles. The van der Waals surface area contributed by atoms with Crippen molar-refractivity contribution in [3.8, 4) is 12.3 Å². The van der Waals surface area contributed by atoms with Gasteiger partial charge in [-0.05, 0) is 43.4 Å². The van der Waals surface area contributed by atoms with Crippen LogP contribution in [0.1, 0.15) is 31.2 Å². The van der Waals surface area contributed by atoms with Gasteiger partial charge in [-0.2, -0.15) is 0 Å². The molecule has 6 heteroatoms. The minimum absolute atomic E-state index is 0.0402. The van der Waals surface area contributed by atoms with Crippen molar-refractivity contribution in [1.29, 1.82) is 0 Å². The largest absolute Gasteiger partial charge is 0.481 e. The number of hydrogen-bond acceptors (Lipinski definition) is 2. The SMILES string of the molecule is C#CCN(Cc1ccc(F)cc1)C(=O)NC1CCC(C(=O)O)CC1. The van der Waals surface area contributed by atoms with Gasteiger partial charge in [-0.15, -0.1) is 6.42 Å². The van der Waals surface area contributed by atoms with Crippen LogP contribution in [0.2, 0.25) is 0 Å². The number of carbonyl (C=O) groups excluding carboxylic acids is 1. The number of rotatable bonds is 5. The number of amides is 2. The van der Waals surface area contributed by atoms with Crippen LogP contribution in [-0.2, 0) is 11.3 Å². The number of nitrogens with one attached hydrogen (secondary N) is 1. The maximum absolute atomic E-state index is 13.0. The molecule has 0 spiro atoms. The van der Waals surface area contributed by atoms with E-state index in [4.69, 9.17) is 11.5 Å². The third-order valence-electron chi connectivity index (χ3n) is 4.26. The fourth-order valence-electron chi connectivity index (χ4n) is 2.87. The first-order valence-electron chi connectivity index (χ1n) is 7.95. The van der Waals surface area contributed by atoms with Gasteiger partial charge in [-0.25, -0.2) is 9.18 Å². The molecule has 0 unspecified atom stereocenters. The quantitative estimate of drug-likeness (QED) is 0.814. The summed E-state index contributed by atoms with van der Waals surface area (Å²) in [6.07, 6.45) is 7.74. The van der Waals surface area contributed by atoms with Crippen molar-refractivity contribution < 1.29 is 19.1 Å². The fourth-order valence-corrected chi connectivity index (χ4v) is 2.87. The molecule has 5 nitrogen and oxygen atoms in total. The Morgan fingerprint density at radius 3 is 2.42 bits per heavy atom. The van der Waals surface area contributed by atoms with Crippen LogP contribution in [-0.4, -0.2) is 34.6 Å². The van der Waals surface area contributed by atoms with Gasteiger partial charge >= 0.3 is 12.0 Å². The molecule has 2 rings (SSSR count). The zero-order valence-electron chi connectivity index (χ0n) is 13.4. The number of terminal acetylenes is 1. The van der Waals surface area contributed by atoms with Crippen LogP contribution in [0.15, 0.2) is 24.3 Å². The van der Waals surface area contributed by atoms with E-state index in [1.54, 1.807) is 12.1 Å². The number of aliphatic carboxylic acids is 1. The first-order chi connectivity index (χ1) is 11.5. The van der Waals surface area contributed by atoms with Crippen LogP contribution in [0.25, 0.3) is 0 Å². The molecule has 1 aromatic rings. The van der Waals surface area contributed by atoms with Crippen LogP contribution >= 0.6 is 0 Å². The molecule has 2 N–H and O–H groups in total. The van der Waals surface area contributed by atoms with E-state index in [1.807, 2.05) is 0 Å². The molecule has 1 fully saturated rings. The van der Waals surface area contributed by atoms with E-state index in [-0.39, 0.29) is 30.4 Å². The Bertz CT molecular complexity index is 616. The summed E-state index contributed by atoms with van der Waals surface area (Å²) in [6.45, 7) is 0.439. The number of benzene rings is 1. The lowest BCUT2D eigenvalue weighted by atomic mass is 9.86. The monoisotopic (exact) mass is 332 g/mol. The lowest BCUT2D eigenvalue weighted by molar-refractivity contribution is -0.142. The molecule has 1 aliphatic carbocycles. The van der Waals surface area contributed by atoms with Crippen molar-refractivity contribution >= 4 is 12.0 Å². The second kappa shape index (κ2) is 8.34. The molecular weight excluding hydrogens is 311 g/mol. The summed E-state index contributed by atoms with van der Waals surface area (Å²) in [7, 11) is 0. The molecule has 0 saturated heterocycles. The fraction of sp³-hybridized carbons (Fsp3) is 0.444. The summed E-state index contributed by atoms with van der Waals surface area (Å²) in [4.78, 5) is 24.9. The maximum Gasteiger partial charge on any atom is 0.318 e. The molecule has 0 heterocycles. The number of hydrogen-bond donors (Lipinski definition) is 2. The predicted octanol–water partition coefficient (Wildman–Crippen LogP) is 2.61. The van der Waals surface area contributed by atoms with Crippen molar-refractivity contribution in [3.63, 3.8) is 0 Å². The van der Waals surface area contributed by atoms with E-state index in [0.29, 0.717) is 32.2 Å². The lowest BCUT2D eigenvalue weighted by Gasteiger charge is -2.29. The number of carboxylic acids is 1. The molecular formula is C18H21FN2O3. The van der Waals surface area contributed by atoms with Gasteiger partial charge in [0.2, 0.25) is 0 Å². The highest BCUT2D eigenvalue weighted by molar-refractivity contribution is 5.75. The summed E-state index contributed by atoms with van der Waals surface area (Å²) in [5, 5.41) is 11.9. The first kappa shape index (κ1) is 17.8. The molecule has 1 aliphatic rings. The van der Waals surface area contributed by atoms with Crippen LogP contribution in [0.3, 0.4) is 0 Å². The van der Waals surface area contributed by atoms with Crippen molar-refractivity contribution in [2.75, 3.05) is 6.54 Å². The highest BCUT2D eigenvalue weighted by Gasteiger charge is 2.27. The minimum Gasteiger partial charge on any atom is -0.481 e. The summed E-state index contributed by atoms with van der Waals surface area (Å²) in [5.41, 5.74) is 0.788. The topological polar surface area (TPSA) is 69.6 Å². The van der Waals surface area contributed by atoms with Crippen molar-refractivity contribution in [1.82, 2.24) is 10.2 Å². The highest BCUT2D eigenvalue weighted by atomic mass is 19.1. The molecule has 0 radical (unpaired) electrons. The number of halogens is 1. The van der Waals surface area contributed by atoms with Gasteiger partial charge in [0.05, 0.1) is 12.5 Å². The van der Waals surface area contributed by atoms with Crippen molar-refractivity contribution in [3.05, 3.63) is 35.6 Å². The first-order valence-corrected chi connectivity index (χ1v) is 7.95. The number of carboxylic acid groups (broad SMARTS) is 1. The van der Waals surface area contributed by atoms with Gasteiger partial charge in [0.15, 0.2) is 0 Å². The summed E-state index contributed by atoms with van der Waals surface area (Å²) < 4.78 is 13.0. The van der Waals surface area contributed by atoms with Gasteiger partial charge in [0.25, 0.3) is 0 Å². The van der Waals surface area contributed by atoms with Gasteiger partial charge in [0, 0.05) is 12.6 Å². The van der Waals surface area contributed by atoms with Gasteiger partial charge in [-0.1, -0.05) is 18.1 Å². The average molecular weight is 332 g/mol. The van der Waals surface area contributed by atoms with E-state index in [2.05, 4.69) is 11.2 Å². The zero-order valence-corrected chi connectivity index (χ0v) is 13.4. The van der Waals surface area contributed by atoms with Crippen molar-refractivity contribution in [2.24, 2.45) is 5.92 Å². The van der Waals surface area contributed by atoms with E-state index >= 15 is 0 Å². The van der Waals surface area contributed by atoms with E-state index in [0.717, 1.165) is 5.56 Å². The van der Waals surface area contributed by atoms with E-state index in [1.165, 1.54) is 17.0 Å². The van der Waals surface area contributed by atoms with Crippen LogP contribution in [0, 0.1) is 24.1 Å². The zero-order chi connectivity index (χ0) is 17.5. The summed E-state index contributed by atoms with van der Waals surface area (Å²) in [6, 6.07) is 5.59. The Morgan fingerprint density at radius 2 is 1.88 bits per heavy atom. The Kier molecular flexibility index (Phi) is 6.19. The van der Waals surface area contributed by atoms with E-state index < -0.39 is 5.97 Å². The van der Waals surface area contributed by atoms with Gasteiger partial charge in [0.1, 0.15) is 5.82 Å². The molecule has 0 bridgehead atoms. The second-order valence-electron chi connectivity index (χ2n) is 6.02. The number of nitrogens with zero attached hydrogens (tertiary/aromatic N) is 1. The molecule has 0 aliphatic heterocycles. The lowest BCUT2D eigenvalue weighted by Crippen LogP contribution is -2.46. The smallest absolute Gasteiger partial charge is 0.318 e. The highest BCUT2D eigenvalue weighted by Crippen LogP contribution is 2.24. The average Bonchev–Trinajstić information content (AvgIpc) is 2.57. The second-order valence-corrected chi connectivity index (χ2v) is 6.02. The van der Waals surface area contributed by atoms with Gasteiger partial charge in [-0.3, -0.25) is 4.79 Å².